The van der Waals surface area contributed by atoms with Gasteiger partial charge in [-0.1, -0.05) is 18.6 Å². The number of thiazole rings is 1. The first-order chi connectivity index (χ1) is 13.1. The Balaban J connectivity index is 0.00000150. The largest absolute Gasteiger partial charge is 0.352 e. The van der Waals surface area contributed by atoms with E-state index in [1.807, 2.05) is 5.38 Å². The van der Waals surface area contributed by atoms with Crippen molar-refractivity contribution in [3.63, 3.8) is 0 Å². The minimum Gasteiger partial charge on any atom is -0.352 e. The smallest absolute Gasteiger partial charge is 0.226 e. The van der Waals surface area contributed by atoms with Crippen LogP contribution in [-0.2, 0) is 17.6 Å². The topological polar surface area (TPSA) is 68.0 Å². The summed E-state index contributed by atoms with van der Waals surface area (Å²) in [7, 11) is 0. The van der Waals surface area contributed by atoms with Crippen molar-refractivity contribution in [1.29, 1.82) is 0 Å². The molecule has 4 nitrogen and oxygen atoms in total. The lowest BCUT2D eigenvalue weighted by atomic mass is 9.67. The number of nitrogens with one attached hydrogen (secondary N) is 1. The fourth-order valence-electron chi connectivity index (χ4n) is 4.71. The molecule has 2 aromatic rings. The molecule has 8 heteroatoms. The Morgan fingerprint density at radius 1 is 1.17 bits per heavy atom. The van der Waals surface area contributed by atoms with E-state index in [0.717, 1.165) is 29.1 Å². The lowest BCUT2D eigenvalue weighted by molar-refractivity contribution is -0.122. The molecule has 0 saturated heterocycles. The van der Waals surface area contributed by atoms with Gasteiger partial charge in [-0.25, -0.2) is 9.37 Å². The van der Waals surface area contributed by atoms with Crippen molar-refractivity contribution in [2.24, 2.45) is 17.6 Å². The molecule has 0 radical (unpaired) electrons. The third kappa shape index (κ3) is 6.14. The summed E-state index contributed by atoms with van der Waals surface area (Å²) in [4.78, 5) is 17.2. The molecule has 0 spiro atoms. The molecule has 160 valence electrons. The zero-order valence-corrected chi connectivity index (χ0v) is 18.6. The number of amides is 1. The zero-order valence-electron chi connectivity index (χ0n) is 16.2. The summed E-state index contributed by atoms with van der Waals surface area (Å²) in [5, 5.41) is 6.19. The highest BCUT2D eigenvalue weighted by Gasteiger charge is 2.39. The van der Waals surface area contributed by atoms with Crippen LogP contribution in [0.1, 0.15) is 48.4 Å². The monoisotopic (exact) mass is 459 g/mol. The van der Waals surface area contributed by atoms with E-state index in [-0.39, 0.29) is 42.6 Å². The number of aromatic nitrogens is 1. The number of benzene rings is 1. The number of rotatable bonds is 5. The van der Waals surface area contributed by atoms with Crippen LogP contribution in [0, 0.1) is 17.7 Å². The number of halogens is 3. The molecule has 1 amide bonds. The lowest BCUT2D eigenvalue weighted by Crippen LogP contribution is -2.54. The van der Waals surface area contributed by atoms with Crippen LogP contribution in [0.4, 0.5) is 4.39 Å². The van der Waals surface area contributed by atoms with Crippen LogP contribution in [0.15, 0.2) is 29.6 Å². The van der Waals surface area contributed by atoms with Crippen molar-refractivity contribution in [2.45, 2.75) is 57.0 Å². The molecule has 2 atom stereocenters. The molecule has 1 heterocycles. The number of nitrogens with two attached hydrogens (primary N) is 1. The quantitative estimate of drug-likeness (QED) is 0.700. The van der Waals surface area contributed by atoms with E-state index in [1.54, 1.807) is 23.5 Å². The summed E-state index contributed by atoms with van der Waals surface area (Å²) in [6, 6.07) is 7.05. The summed E-state index contributed by atoms with van der Waals surface area (Å²) < 4.78 is 13.0. The van der Waals surface area contributed by atoms with Gasteiger partial charge in [0.05, 0.1) is 17.1 Å². The Labute approximate surface area is 187 Å². The van der Waals surface area contributed by atoms with Gasteiger partial charge in [0.1, 0.15) is 5.82 Å². The van der Waals surface area contributed by atoms with Crippen molar-refractivity contribution >= 4 is 42.1 Å². The minimum atomic E-state index is -0.233. The Hall–Kier alpha value is -1.21. The molecule has 1 aromatic heterocycles. The van der Waals surface area contributed by atoms with Gasteiger partial charge in [0, 0.05) is 23.9 Å². The van der Waals surface area contributed by atoms with Gasteiger partial charge < -0.3 is 11.1 Å². The van der Waals surface area contributed by atoms with Gasteiger partial charge >= 0.3 is 0 Å². The van der Waals surface area contributed by atoms with Crippen molar-refractivity contribution < 1.29 is 9.18 Å². The molecule has 2 saturated carbocycles. The number of fused-ring (bicyclic) bond motifs is 2. The third-order valence-electron chi connectivity index (χ3n) is 5.91. The lowest BCUT2D eigenvalue weighted by Gasteiger charge is -2.45. The maximum Gasteiger partial charge on any atom is 0.226 e. The van der Waals surface area contributed by atoms with E-state index < -0.39 is 0 Å². The van der Waals surface area contributed by atoms with Gasteiger partial charge in [-0.15, -0.1) is 36.2 Å². The third-order valence-corrected chi connectivity index (χ3v) is 6.81. The number of hydrogen-bond acceptors (Lipinski definition) is 4. The summed E-state index contributed by atoms with van der Waals surface area (Å²) in [6.07, 6.45) is 6.65. The predicted octanol–water partition coefficient (Wildman–Crippen LogP) is 4.28. The maximum atomic E-state index is 13.0. The summed E-state index contributed by atoms with van der Waals surface area (Å²) >= 11 is 1.55. The molecular weight excluding hydrogens is 432 g/mol. The van der Waals surface area contributed by atoms with Crippen LogP contribution in [0.3, 0.4) is 0 Å². The fourth-order valence-corrected chi connectivity index (χ4v) is 5.54. The van der Waals surface area contributed by atoms with Crippen LogP contribution in [0.5, 0.6) is 0 Å². The van der Waals surface area contributed by atoms with Gasteiger partial charge in [-0.2, -0.15) is 0 Å². The second-order valence-electron chi connectivity index (χ2n) is 7.99. The Morgan fingerprint density at radius 2 is 1.83 bits per heavy atom. The van der Waals surface area contributed by atoms with E-state index >= 15 is 0 Å². The maximum absolute atomic E-state index is 13.0. The predicted molar refractivity (Wildman–Crippen MR) is 119 cm³/mol. The first kappa shape index (κ1) is 24.1. The van der Waals surface area contributed by atoms with E-state index in [2.05, 4.69) is 10.3 Å². The zero-order chi connectivity index (χ0) is 18.8. The molecule has 2 fully saturated rings. The number of carbonyl (C=O) groups is 1. The highest BCUT2D eigenvalue weighted by atomic mass is 35.5. The van der Waals surface area contributed by atoms with E-state index in [1.165, 1.54) is 31.4 Å². The summed E-state index contributed by atoms with van der Waals surface area (Å²) in [5.74, 6) is 0.886. The average Bonchev–Trinajstić information content (AvgIpc) is 3.04. The summed E-state index contributed by atoms with van der Waals surface area (Å²) in [5.41, 5.74) is 8.01. The molecule has 3 N–H and O–H groups in total. The van der Waals surface area contributed by atoms with Gasteiger partial charge in [0.2, 0.25) is 5.91 Å². The van der Waals surface area contributed by atoms with Gasteiger partial charge in [-0.05, 0) is 55.2 Å². The first-order valence-corrected chi connectivity index (χ1v) is 10.7. The molecular formula is C21H28Cl2FN3OS. The van der Waals surface area contributed by atoms with Crippen LogP contribution in [-0.4, -0.2) is 23.0 Å². The highest BCUT2D eigenvalue weighted by Crippen LogP contribution is 2.39. The van der Waals surface area contributed by atoms with E-state index in [4.69, 9.17) is 5.73 Å². The minimum absolute atomic E-state index is 0. The molecule has 4 rings (SSSR count). The molecule has 0 aliphatic heterocycles. The van der Waals surface area contributed by atoms with Crippen molar-refractivity contribution in [3.8, 4) is 0 Å². The van der Waals surface area contributed by atoms with Crippen LogP contribution in [0.25, 0.3) is 0 Å². The van der Waals surface area contributed by atoms with Gasteiger partial charge in [0.15, 0.2) is 0 Å². The van der Waals surface area contributed by atoms with Crippen LogP contribution in [0.2, 0.25) is 0 Å². The van der Waals surface area contributed by atoms with Crippen molar-refractivity contribution in [1.82, 2.24) is 10.3 Å². The second kappa shape index (κ2) is 10.7. The Kier molecular flexibility index (Phi) is 8.89. The van der Waals surface area contributed by atoms with E-state index in [0.29, 0.717) is 30.7 Å². The molecule has 2 bridgehead atoms. The number of hydrogen-bond donors (Lipinski definition) is 2. The van der Waals surface area contributed by atoms with Gasteiger partial charge in [-0.3, -0.25) is 4.79 Å². The normalized spacial score (nSPS) is 25.4. The SMILES string of the molecule is Cl.Cl.NC1CC2CCCC(C1)C2NC(=O)Cc1csc(Cc2ccc(F)cc2)n1. The standard InChI is InChI=1S/C21H26FN3OS.2ClH/c22-16-6-4-13(5-7-16)8-20-24-18(12-27-20)11-19(26)25-21-14-2-1-3-15(21)10-17(23)9-14;;/h4-7,12,14-15,17,21H,1-3,8-11,23H2,(H,25,26);2*1H. The average molecular weight is 460 g/mol. The van der Waals surface area contributed by atoms with Crippen LogP contribution < -0.4 is 11.1 Å². The van der Waals surface area contributed by atoms with E-state index in [9.17, 15) is 9.18 Å². The number of carbonyl (C=O) groups excluding carboxylic acids is 1. The fraction of sp³-hybridized carbons (Fsp3) is 0.524. The molecule has 1 aromatic carbocycles. The van der Waals surface area contributed by atoms with Crippen molar-refractivity contribution in [2.75, 3.05) is 0 Å². The highest BCUT2D eigenvalue weighted by molar-refractivity contribution is 7.09. The van der Waals surface area contributed by atoms with Gasteiger partial charge in [0.25, 0.3) is 0 Å². The Morgan fingerprint density at radius 3 is 2.48 bits per heavy atom. The Bertz CT molecular complexity index is 787. The van der Waals surface area contributed by atoms with Crippen molar-refractivity contribution in [3.05, 3.63) is 51.7 Å². The molecule has 29 heavy (non-hydrogen) atoms. The second-order valence-corrected chi connectivity index (χ2v) is 8.93. The molecule has 2 aliphatic carbocycles. The molecule has 2 aliphatic rings. The van der Waals surface area contributed by atoms with Crippen LogP contribution >= 0.6 is 36.2 Å². The number of nitrogens with zero attached hydrogens (tertiary/aromatic N) is 1. The molecule has 2 unspecified atom stereocenters. The summed E-state index contributed by atoms with van der Waals surface area (Å²) in [6.45, 7) is 0. The first-order valence-electron chi connectivity index (χ1n) is 9.79.